The number of rotatable bonds is 3. The van der Waals surface area contributed by atoms with Crippen LogP contribution in [0.1, 0.15) is 24.0 Å². The molecular weight excluding hydrogens is 359 g/mol. The predicted molar refractivity (Wildman–Crippen MR) is 105 cm³/mol. The van der Waals surface area contributed by atoms with E-state index in [2.05, 4.69) is 4.99 Å². The SMILES string of the molecule is NC1N=C(c2ccccc2F)c2ccccc2N(CC(=O)N2CCCC2)C1=O. The van der Waals surface area contributed by atoms with Crippen LogP contribution in [0.25, 0.3) is 0 Å². The zero-order chi connectivity index (χ0) is 19.7. The normalized spacial score (nSPS) is 19.3. The molecule has 2 aliphatic rings. The number of nitrogens with zero attached hydrogens (tertiary/aromatic N) is 3. The van der Waals surface area contributed by atoms with Crippen LogP contribution in [-0.2, 0) is 9.59 Å². The third kappa shape index (κ3) is 3.29. The maximum Gasteiger partial charge on any atom is 0.266 e. The number of benzodiazepines with no additional fused rings is 1. The Morgan fingerprint density at radius 2 is 1.71 bits per heavy atom. The number of carbonyl (C=O) groups excluding carboxylic acids is 2. The number of hydrogen-bond donors (Lipinski definition) is 1. The van der Waals surface area contributed by atoms with Crippen LogP contribution in [0.3, 0.4) is 0 Å². The van der Waals surface area contributed by atoms with E-state index in [0.29, 0.717) is 30.1 Å². The maximum absolute atomic E-state index is 14.5. The second kappa shape index (κ2) is 7.52. The minimum absolute atomic E-state index is 0.108. The molecule has 0 spiro atoms. The fraction of sp³-hybridized carbons (Fsp3) is 0.286. The molecule has 0 bridgehead atoms. The van der Waals surface area contributed by atoms with Gasteiger partial charge in [-0.05, 0) is 31.0 Å². The van der Waals surface area contributed by atoms with E-state index in [1.807, 2.05) is 0 Å². The number of carbonyl (C=O) groups is 2. The first kappa shape index (κ1) is 18.3. The summed E-state index contributed by atoms with van der Waals surface area (Å²) >= 11 is 0. The van der Waals surface area contributed by atoms with E-state index < -0.39 is 17.9 Å². The molecule has 7 heteroatoms. The lowest BCUT2D eigenvalue weighted by atomic mass is 9.99. The van der Waals surface area contributed by atoms with E-state index in [9.17, 15) is 14.0 Å². The molecule has 144 valence electrons. The van der Waals surface area contributed by atoms with Crippen LogP contribution < -0.4 is 10.6 Å². The molecule has 1 saturated heterocycles. The molecule has 0 saturated carbocycles. The number of likely N-dealkylation sites (tertiary alicyclic amines) is 1. The molecule has 2 aliphatic heterocycles. The van der Waals surface area contributed by atoms with E-state index in [4.69, 9.17) is 5.73 Å². The highest BCUT2D eigenvalue weighted by atomic mass is 19.1. The minimum atomic E-state index is -1.21. The van der Waals surface area contributed by atoms with Crippen LogP contribution in [0.5, 0.6) is 0 Å². The summed E-state index contributed by atoms with van der Waals surface area (Å²) in [4.78, 5) is 33.1. The largest absolute Gasteiger partial charge is 0.341 e. The second-order valence-corrected chi connectivity index (χ2v) is 6.93. The van der Waals surface area contributed by atoms with Gasteiger partial charge in [0.2, 0.25) is 5.91 Å². The van der Waals surface area contributed by atoms with Crippen LogP contribution >= 0.6 is 0 Å². The number of aliphatic imine (C=N–C) groups is 1. The van der Waals surface area contributed by atoms with E-state index in [1.165, 1.54) is 11.0 Å². The fourth-order valence-electron chi connectivity index (χ4n) is 3.68. The molecule has 0 aliphatic carbocycles. The van der Waals surface area contributed by atoms with Crippen molar-refractivity contribution in [3.63, 3.8) is 0 Å². The zero-order valence-corrected chi connectivity index (χ0v) is 15.3. The van der Waals surface area contributed by atoms with E-state index >= 15 is 0 Å². The molecule has 0 aromatic heterocycles. The maximum atomic E-state index is 14.5. The molecule has 4 rings (SSSR count). The number of para-hydroxylation sites is 1. The Labute approximate surface area is 162 Å². The van der Waals surface area contributed by atoms with Crippen molar-refractivity contribution in [3.8, 4) is 0 Å². The molecule has 2 heterocycles. The number of fused-ring (bicyclic) bond motifs is 1. The minimum Gasteiger partial charge on any atom is -0.341 e. The fourth-order valence-corrected chi connectivity index (χ4v) is 3.68. The predicted octanol–water partition coefficient (Wildman–Crippen LogP) is 1.92. The lowest BCUT2D eigenvalue weighted by Gasteiger charge is -2.26. The molecule has 0 radical (unpaired) electrons. The summed E-state index contributed by atoms with van der Waals surface area (Å²) in [6.45, 7) is 1.29. The van der Waals surface area contributed by atoms with Crippen molar-refractivity contribution in [2.24, 2.45) is 10.7 Å². The first-order valence-corrected chi connectivity index (χ1v) is 9.33. The van der Waals surface area contributed by atoms with Gasteiger partial charge in [-0.3, -0.25) is 19.5 Å². The lowest BCUT2D eigenvalue weighted by molar-refractivity contribution is -0.130. The van der Waals surface area contributed by atoms with Crippen molar-refractivity contribution in [2.75, 3.05) is 24.5 Å². The van der Waals surface area contributed by atoms with Crippen molar-refractivity contribution in [2.45, 2.75) is 19.0 Å². The topological polar surface area (TPSA) is 79.0 Å². The van der Waals surface area contributed by atoms with Gasteiger partial charge >= 0.3 is 0 Å². The molecule has 6 nitrogen and oxygen atoms in total. The highest BCUT2D eigenvalue weighted by molar-refractivity contribution is 6.20. The third-order valence-electron chi connectivity index (χ3n) is 5.12. The number of halogens is 1. The lowest BCUT2D eigenvalue weighted by Crippen LogP contribution is -2.47. The summed E-state index contributed by atoms with van der Waals surface area (Å²) in [7, 11) is 0. The van der Waals surface area contributed by atoms with E-state index in [1.54, 1.807) is 47.4 Å². The van der Waals surface area contributed by atoms with Crippen LogP contribution in [0.2, 0.25) is 0 Å². The van der Waals surface area contributed by atoms with Gasteiger partial charge in [0.15, 0.2) is 6.17 Å². The van der Waals surface area contributed by atoms with Gasteiger partial charge in [0.1, 0.15) is 12.4 Å². The summed E-state index contributed by atoms with van der Waals surface area (Å²) in [5.74, 6) is -1.05. The molecule has 2 aromatic rings. The third-order valence-corrected chi connectivity index (χ3v) is 5.12. The Hall–Kier alpha value is -3.06. The monoisotopic (exact) mass is 380 g/mol. The first-order chi connectivity index (χ1) is 13.6. The van der Waals surface area contributed by atoms with Gasteiger partial charge in [0.25, 0.3) is 5.91 Å². The molecule has 2 amide bonds. The van der Waals surface area contributed by atoms with Crippen molar-refractivity contribution in [3.05, 3.63) is 65.5 Å². The number of amides is 2. The number of anilines is 1. The molecule has 1 atom stereocenters. The van der Waals surface area contributed by atoms with Crippen molar-refractivity contribution in [1.82, 2.24) is 4.90 Å². The highest BCUT2D eigenvalue weighted by Crippen LogP contribution is 2.28. The standard InChI is InChI=1S/C21H21FN4O2/c22-16-9-3-1-7-14(16)19-15-8-2-4-10-17(15)26(21(28)20(23)24-19)13-18(27)25-11-5-6-12-25/h1-4,7-10,20H,5-6,11-13,23H2. The number of benzene rings is 2. The van der Waals surface area contributed by atoms with Gasteiger partial charge in [0.05, 0.1) is 11.4 Å². The van der Waals surface area contributed by atoms with E-state index in [0.717, 1.165) is 12.8 Å². The summed E-state index contributed by atoms with van der Waals surface area (Å²) in [5, 5.41) is 0. The molecule has 28 heavy (non-hydrogen) atoms. The smallest absolute Gasteiger partial charge is 0.266 e. The van der Waals surface area contributed by atoms with Gasteiger partial charge < -0.3 is 10.6 Å². The van der Waals surface area contributed by atoms with Gasteiger partial charge in [-0.15, -0.1) is 0 Å². The molecule has 2 aromatic carbocycles. The van der Waals surface area contributed by atoms with Crippen LogP contribution in [0, 0.1) is 5.82 Å². The summed E-state index contributed by atoms with van der Waals surface area (Å²) < 4.78 is 14.5. The summed E-state index contributed by atoms with van der Waals surface area (Å²) in [5.41, 5.74) is 7.69. The molecule has 1 fully saturated rings. The Morgan fingerprint density at radius 1 is 1.07 bits per heavy atom. The molecule has 1 unspecified atom stereocenters. The first-order valence-electron chi connectivity index (χ1n) is 9.33. The molecular formula is C21H21FN4O2. The Morgan fingerprint density at radius 3 is 2.43 bits per heavy atom. The van der Waals surface area contributed by atoms with Gasteiger partial charge in [0, 0.05) is 24.2 Å². The van der Waals surface area contributed by atoms with Gasteiger partial charge in [-0.25, -0.2) is 4.39 Å². The number of nitrogens with two attached hydrogens (primary N) is 1. The van der Waals surface area contributed by atoms with Crippen LogP contribution in [0.15, 0.2) is 53.5 Å². The van der Waals surface area contributed by atoms with Crippen LogP contribution in [-0.4, -0.2) is 48.2 Å². The van der Waals surface area contributed by atoms with Crippen molar-refractivity contribution < 1.29 is 14.0 Å². The van der Waals surface area contributed by atoms with E-state index in [-0.39, 0.29) is 18.0 Å². The molecule has 2 N–H and O–H groups in total. The highest BCUT2D eigenvalue weighted by Gasteiger charge is 2.33. The second-order valence-electron chi connectivity index (χ2n) is 6.93. The van der Waals surface area contributed by atoms with Gasteiger partial charge in [-0.2, -0.15) is 0 Å². The number of hydrogen-bond acceptors (Lipinski definition) is 4. The quantitative estimate of drug-likeness (QED) is 0.884. The Bertz CT molecular complexity index is 953. The summed E-state index contributed by atoms with van der Waals surface area (Å²) in [6.07, 6.45) is 0.723. The Kier molecular flexibility index (Phi) is 4.92. The average Bonchev–Trinajstić information content (AvgIpc) is 3.22. The van der Waals surface area contributed by atoms with Crippen molar-refractivity contribution in [1.29, 1.82) is 0 Å². The van der Waals surface area contributed by atoms with Crippen LogP contribution in [0.4, 0.5) is 10.1 Å². The summed E-state index contributed by atoms with van der Waals surface area (Å²) in [6, 6.07) is 13.3. The van der Waals surface area contributed by atoms with Crippen molar-refractivity contribution >= 4 is 23.2 Å². The Balaban J connectivity index is 1.77. The van der Waals surface area contributed by atoms with Gasteiger partial charge in [-0.1, -0.05) is 30.3 Å². The average molecular weight is 380 g/mol. The zero-order valence-electron chi connectivity index (χ0n) is 15.3.